The summed E-state index contributed by atoms with van der Waals surface area (Å²) in [4.78, 5) is 12.7. The van der Waals surface area contributed by atoms with Crippen LogP contribution < -0.4 is 9.62 Å². The van der Waals surface area contributed by atoms with Crippen LogP contribution in [0.3, 0.4) is 0 Å². The predicted molar refractivity (Wildman–Crippen MR) is 127 cm³/mol. The van der Waals surface area contributed by atoms with E-state index in [1.807, 2.05) is 24.3 Å². The molecule has 0 aromatic heterocycles. The summed E-state index contributed by atoms with van der Waals surface area (Å²) < 4.78 is 25.9. The molecule has 0 radical (unpaired) electrons. The number of sulfonamides is 1. The molecular weight excluding hydrogens is 432 g/mol. The third-order valence-electron chi connectivity index (χ3n) is 4.89. The van der Waals surface area contributed by atoms with Crippen LogP contribution in [-0.4, -0.2) is 20.6 Å². The van der Waals surface area contributed by atoms with E-state index in [2.05, 4.69) is 19.2 Å². The standard InChI is InChI=1S/C24H25ClN2O3S/c1-17(2)22-6-4-5-7-23(22)26-24(28)19-10-8-18(9-11-19)16-27(31(3,29)30)21-14-12-20(25)13-15-21/h4-15,17H,16H2,1-3H3,(H,26,28). The number of carbonyl (C=O) groups is 1. The molecule has 0 saturated carbocycles. The van der Waals surface area contributed by atoms with Gasteiger partial charge in [-0.2, -0.15) is 0 Å². The van der Waals surface area contributed by atoms with Gasteiger partial charge in [-0.15, -0.1) is 0 Å². The van der Waals surface area contributed by atoms with Gasteiger partial charge in [0.1, 0.15) is 0 Å². The molecule has 31 heavy (non-hydrogen) atoms. The molecule has 0 fully saturated rings. The van der Waals surface area contributed by atoms with Crippen molar-refractivity contribution in [1.29, 1.82) is 0 Å². The van der Waals surface area contributed by atoms with E-state index >= 15 is 0 Å². The molecule has 162 valence electrons. The Morgan fingerprint density at radius 1 is 0.968 bits per heavy atom. The molecule has 3 rings (SSSR count). The molecule has 3 aromatic rings. The fourth-order valence-electron chi connectivity index (χ4n) is 3.24. The number of hydrogen-bond acceptors (Lipinski definition) is 3. The van der Waals surface area contributed by atoms with Crippen LogP contribution in [0.4, 0.5) is 11.4 Å². The van der Waals surface area contributed by atoms with E-state index in [4.69, 9.17) is 11.6 Å². The molecule has 0 aliphatic rings. The highest BCUT2D eigenvalue weighted by Crippen LogP contribution is 2.25. The van der Waals surface area contributed by atoms with Crippen molar-refractivity contribution in [2.45, 2.75) is 26.3 Å². The van der Waals surface area contributed by atoms with Crippen molar-refractivity contribution in [2.24, 2.45) is 0 Å². The zero-order valence-electron chi connectivity index (χ0n) is 17.7. The average Bonchev–Trinajstić information content (AvgIpc) is 2.72. The number of nitrogens with zero attached hydrogens (tertiary/aromatic N) is 1. The summed E-state index contributed by atoms with van der Waals surface area (Å²) in [5.74, 6) is 0.0750. The zero-order valence-corrected chi connectivity index (χ0v) is 19.2. The maximum Gasteiger partial charge on any atom is 0.255 e. The highest BCUT2D eigenvalue weighted by atomic mass is 35.5. The number of benzene rings is 3. The lowest BCUT2D eigenvalue weighted by Crippen LogP contribution is -2.29. The van der Waals surface area contributed by atoms with E-state index < -0.39 is 10.0 Å². The molecule has 0 unspecified atom stereocenters. The molecule has 1 N–H and O–H groups in total. The molecule has 0 aliphatic carbocycles. The first-order valence-corrected chi connectivity index (χ1v) is 12.1. The number of halogens is 1. The van der Waals surface area contributed by atoms with Gasteiger partial charge in [0, 0.05) is 16.3 Å². The van der Waals surface area contributed by atoms with Crippen LogP contribution in [0.25, 0.3) is 0 Å². The Labute approximate surface area is 188 Å². The predicted octanol–water partition coefficient (Wildman–Crippen LogP) is 5.68. The van der Waals surface area contributed by atoms with Crippen molar-refractivity contribution in [3.63, 3.8) is 0 Å². The highest BCUT2D eigenvalue weighted by Gasteiger charge is 2.18. The number of nitrogens with one attached hydrogen (secondary N) is 1. The van der Waals surface area contributed by atoms with Crippen LogP contribution in [0.1, 0.15) is 41.3 Å². The maximum absolute atomic E-state index is 12.7. The van der Waals surface area contributed by atoms with Crippen LogP contribution in [0.2, 0.25) is 5.02 Å². The highest BCUT2D eigenvalue weighted by molar-refractivity contribution is 7.92. The van der Waals surface area contributed by atoms with Gasteiger partial charge in [-0.25, -0.2) is 8.42 Å². The van der Waals surface area contributed by atoms with Crippen molar-refractivity contribution in [3.8, 4) is 0 Å². The largest absolute Gasteiger partial charge is 0.322 e. The SMILES string of the molecule is CC(C)c1ccccc1NC(=O)c1ccc(CN(c2ccc(Cl)cc2)S(C)(=O)=O)cc1. The minimum Gasteiger partial charge on any atom is -0.322 e. The van der Waals surface area contributed by atoms with Crippen LogP contribution in [0.5, 0.6) is 0 Å². The van der Waals surface area contributed by atoms with E-state index in [0.29, 0.717) is 16.3 Å². The van der Waals surface area contributed by atoms with E-state index in [1.165, 1.54) is 4.31 Å². The first-order chi connectivity index (χ1) is 14.6. The molecule has 0 atom stereocenters. The molecule has 0 saturated heterocycles. The van der Waals surface area contributed by atoms with Gasteiger partial charge in [-0.3, -0.25) is 9.10 Å². The Morgan fingerprint density at radius 3 is 2.16 bits per heavy atom. The Balaban J connectivity index is 1.77. The van der Waals surface area contributed by atoms with E-state index in [-0.39, 0.29) is 18.4 Å². The molecule has 3 aromatic carbocycles. The van der Waals surface area contributed by atoms with E-state index in [1.54, 1.807) is 48.5 Å². The third-order valence-corrected chi connectivity index (χ3v) is 6.28. The van der Waals surface area contributed by atoms with Gasteiger partial charge in [-0.1, -0.05) is 55.8 Å². The Hall–Kier alpha value is -2.83. The lowest BCUT2D eigenvalue weighted by Gasteiger charge is -2.22. The molecule has 0 bridgehead atoms. The number of rotatable bonds is 7. The van der Waals surface area contributed by atoms with Gasteiger partial charge in [0.25, 0.3) is 5.91 Å². The lowest BCUT2D eigenvalue weighted by atomic mass is 10.0. The van der Waals surface area contributed by atoms with Gasteiger partial charge in [-0.05, 0) is 59.5 Å². The van der Waals surface area contributed by atoms with Crippen molar-refractivity contribution in [2.75, 3.05) is 15.9 Å². The molecule has 1 amide bonds. The van der Waals surface area contributed by atoms with Crippen LogP contribution in [0, 0.1) is 0 Å². The minimum absolute atomic E-state index is 0.151. The van der Waals surface area contributed by atoms with Crippen LogP contribution >= 0.6 is 11.6 Å². The second-order valence-electron chi connectivity index (χ2n) is 7.64. The fourth-order valence-corrected chi connectivity index (χ4v) is 4.26. The van der Waals surface area contributed by atoms with Crippen molar-refractivity contribution in [1.82, 2.24) is 0 Å². The quantitative estimate of drug-likeness (QED) is 0.497. The number of para-hydroxylation sites is 1. The van der Waals surface area contributed by atoms with Gasteiger partial charge in [0.2, 0.25) is 10.0 Å². The number of amides is 1. The number of carbonyl (C=O) groups excluding carboxylic acids is 1. The van der Waals surface area contributed by atoms with Gasteiger partial charge < -0.3 is 5.32 Å². The zero-order chi connectivity index (χ0) is 22.6. The maximum atomic E-state index is 12.7. The number of anilines is 2. The average molecular weight is 457 g/mol. The normalized spacial score (nSPS) is 11.4. The van der Waals surface area contributed by atoms with Crippen molar-refractivity contribution >= 4 is 38.9 Å². The monoisotopic (exact) mass is 456 g/mol. The van der Waals surface area contributed by atoms with Crippen molar-refractivity contribution in [3.05, 3.63) is 94.5 Å². The second kappa shape index (κ2) is 9.54. The second-order valence-corrected chi connectivity index (χ2v) is 9.98. The first-order valence-electron chi connectivity index (χ1n) is 9.87. The van der Waals surface area contributed by atoms with Crippen LogP contribution in [0.15, 0.2) is 72.8 Å². The molecule has 7 heteroatoms. The lowest BCUT2D eigenvalue weighted by molar-refractivity contribution is 0.102. The third kappa shape index (κ3) is 5.87. The van der Waals surface area contributed by atoms with E-state index in [0.717, 1.165) is 23.1 Å². The number of hydrogen-bond donors (Lipinski definition) is 1. The van der Waals surface area contributed by atoms with Gasteiger partial charge in [0.05, 0.1) is 18.5 Å². The van der Waals surface area contributed by atoms with Crippen LogP contribution in [-0.2, 0) is 16.6 Å². The fraction of sp³-hybridized carbons (Fsp3) is 0.208. The van der Waals surface area contributed by atoms with Gasteiger partial charge >= 0.3 is 0 Å². The first kappa shape index (κ1) is 22.8. The molecule has 0 spiro atoms. The van der Waals surface area contributed by atoms with Crippen molar-refractivity contribution < 1.29 is 13.2 Å². The topological polar surface area (TPSA) is 66.5 Å². The summed E-state index contributed by atoms with van der Waals surface area (Å²) in [5, 5.41) is 3.50. The van der Waals surface area contributed by atoms with Gasteiger partial charge in [0.15, 0.2) is 0 Å². The Kier molecular flexibility index (Phi) is 7.03. The molecule has 0 heterocycles. The minimum atomic E-state index is -3.50. The Morgan fingerprint density at radius 2 is 1.58 bits per heavy atom. The van der Waals surface area contributed by atoms with E-state index in [9.17, 15) is 13.2 Å². The Bertz CT molecular complexity index is 1160. The summed E-state index contributed by atoms with van der Waals surface area (Å²) in [7, 11) is -3.50. The molecular formula is C24H25ClN2O3S. The molecule has 5 nitrogen and oxygen atoms in total. The summed E-state index contributed by atoms with van der Waals surface area (Å²) in [6, 6.07) is 21.3. The smallest absolute Gasteiger partial charge is 0.255 e. The summed E-state index contributed by atoms with van der Waals surface area (Å²) in [6.45, 7) is 4.31. The summed E-state index contributed by atoms with van der Waals surface area (Å²) >= 11 is 5.92. The molecule has 0 aliphatic heterocycles. The summed E-state index contributed by atoms with van der Waals surface area (Å²) in [6.07, 6.45) is 1.16. The summed E-state index contributed by atoms with van der Waals surface area (Å²) in [5.41, 5.74) is 3.65.